The van der Waals surface area contributed by atoms with Crippen LogP contribution in [-0.4, -0.2) is 54.5 Å². The molecule has 2 rings (SSSR count). The van der Waals surface area contributed by atoms with Crippen molar-refractivity contribution in [2.45, 2.75) is 24.5 Å². The van der Waals surface area contributed by atoms with Crippen molar-refractivity contribution in [2.24, 2.45) is 0 Å². The van der Waals surface area contributed by atoms with E-state index in [0.717, 1.165) is 4.57 Å². The number of rotatable bonds is 4. The van der Waals surface area contributed by atoms with Crippen LogP contribution in [-0.2, 0) is 13.8 Å². The number of anilines is 1. The van der Waals surface area contributed by atoms with E-state index in [9.17, 15) is 19.6 Å². The summed E-state index contributed by atoms with van der Waals surface area (Å²) < 4.78 is 21.5. The first kappa shape index (κ1) is 17.7. The third-order valence-corrected chi connectivity index (χ3v) is 4.27. The Morgan fingerprint density at radius 3 is 2.68 bits per heavy atom. The third-order valence-electron chi connectivity index (χ3n) is 2.95. The van der Waals surface area contributed by atoms with Gasteiger partial charge in [-0.3, -0.25) is 9.09 Å². The van der Waals surface area contributed by atoms with Gasteiger partial charge in [-0.2, -0.15) is 4.98 Å². The highest BCUT2D eigenvalue weighted by Crippen LogP contribution is 2.38. The summed E-state index contributed by atoms with van der Waals surface area (Å²) in [5.41, 5.74) is 4.68. The number of phosphoric acid groups is 1. The van der Waals surface area contributed by atoms with Crippen molar-refractivity contribution in [1.29, 1.82) is 0 Å². The maximum Gasteiger partial charge on any atom is 0.469 e. The van der Waals surface area contributed by atoms with Gasteiger partial charge in [-0.1, -0.05) is 0 Å². The van der Waals surface area contributed by atoms with Crippen LogP contribution >= 0.6 is 30.4 Å². The van der Waals surface area contributed by atoms with E-state index in [1.54, 1.807) is 0 Å². The molecule has 1 aromatic heterocycles. The molecule has 1 aliphatic rings. The van der Waals surface area contributed by atoms with Crippen LogP contribution in [0.2, 0.25) is 0 Å². The topological polar surface area (TPSA) is 177 Å². The molecule has 0 saturated carbocycles. The second-order valence-electron chi connectivity index (χ2n) is 4.50. The van der Waals surface area contributed by atoms with Crippen LogP contribution in [0.25, 0.3) is 0 Å². The first-order valence-electron chi connectivity index (χ1n) is 5.86. The van der Waals surface area contributed by atoms with Crippen molar-refractivity contribution in [3.8, 4) is 0 Å². The zero-order valence-corrected chi connectivity index (χ0v) is 13.9. The van der Waals surface area contributed by atoms with E-state index in [4.69, 9.17) is 20.3 Å². The number of halogens is 1. The number of nitrogen functional groups attached to an aromatic ring is 1. The molecule has 0 aromatic carbocycles. The lowest BCUT2D eigenvalue weighted by molar-refractivity contribution is -0.0543. The monoisotopic (exact) mass is 449 g/mol. The molecule has 0 aliphatic carbocycles. The van der Waals surface area contributed by atoms with Crippen LogP contribution in [0.5, 0.6) is 0 Å². The van der Waals surface area contributed by atoms with Gasteiger partial charge in [0.25, 0.3) is 0 Å². The van der Waals surface area contributed by atoms with E-state index in [-0.39, 0.29) is 5.82 Å². The summed E-state index contributed by atoms with van der Waals surface area (Å²) in [4.78, 5) is 32.6. The van der Waals surface area contributed by atoms with Gasteiger partial charge in [0.2, 0.25) is 0 Å². The second kappa shape index (κ2) is 6.49. The van der Waals surface area contributed by atoms with Crippen molar-refractivity contribution in [1.82, 2.24) is 9.55 Å². The molecular weight excluding hydrogens is 436 g/mol. The average molecular weight is 449 g/mol. The van der Waals surface area contributed by atoms with Crippen LogP contribution < -0.4 is 11.4 Å². The fourth-order valence-electron chi connectivity index (χ4n) is 1.91. The Balaban J connectivity index is 2.22. The molecule has 1 aromatic rings. The number of aliphatic hydroxyl groups is 2. The van der Waals surface area contributed by atoms with Crippen LogP contribution in [0, 0.1) is 3.57 Å². The third kappa shape index (κ3) is 3.83. The van der Waals surface area contributed by atoms with Gasteiger partial charge in [0.1, 0.15) is 24.1 Å². The van der Waals surface area contributed by atoms with Gasteiger partial charge in [0.15, 0.2) is 6.23 Å². The molecule has 1 aliphatic heterocycles. The summed E-state index contributed by atoms with van der Waals surface area (Å²) in [6, 6.07) is 0. The highest BCUT2D eigenvalue weighted by molar-refractivity contribution is 14.1. The molecular formula is C9H13IN3O8P. The standard InChI is InChI=1S/C9H13IN3O8P/c10-3-1-13(9(16)12-7(3)11)8-6(15)5(14)4(21-8)2-20-22(17,18)19/h1,4-6,8,14-15H,2H2,(H2,11,12,16)(H2,17,18,19)/t4?,5-,6-,8-/m1/s1. The Kier molecular flexibility index (Phi) is 5.23. The highest BCUT2D eigenvalue weighted by Gasteiger charge is 2.45. The summed E-state index contributed by atoms with van der Waals surface area (Å²) in [7, 11) is -4.75. The molecule has 11 nitrogen and oxygen atoms in total. The summed E-state index contributed by atoms with van der Waals surface area (Å²) >= 11 is 1.82. The van der Waals surface area contributed by atoms with Crippen LogP contribution in [0.3, 0.4) is 0 Å². The molecule has 0 radical (unpaired) electrons. The summed E-state index contributed by atoms with van der Waals surface area (Å²) in [6.45, 7) is -0.659. The van der Waals surface area contributed by atoms with Gasteiger partial charge >= 0.3 is 13.5 Å². The molecule has 1 saturated heterocycles. The lowest BCUT2D eigenvalue weighted by Gasteiger charge is -2.17. The number of hydrogen-bond donors (Lipinski definition) is 5. The largest absolute Gasteiger partial charge is 0.469 e. The molecule has 0 spiro atoms. The van der Waals surface area contributed by atoms with Crippen molar-refractivity contribution in [3.63, 3.8) is 0 Å². The van der Waals surface area contributed by atoms with Gasteiger partial charge in [0.05, 0.1) is 10.2 Å². The van der Waals surface area contributed by atoms with E-state index in [1.165, 1.54) is 6.20 Å². The fourth-order valence-corrected chi connectivity index (χ4v) is 2.67. The van der Waals surface area contributed by atoms with Gasteiger partial charge < -0.3 is 30.5 Å². The first-order valence-corrected chi connectivity index (χ1v) is 8.47. The number of nitrogens with zero attached hydrogens (tertiary/aromatic N) is 2. The summed E-state index contributed by atoms with van der Waals surface area (Å²) in [5, 5.41) is 19.8. The smallest absolute Gasteiger partial charge is 0.387 e. The number of aromatic nitrogens is 2. The van der Waals surface area contributed by atoms with E-state index >= 15 is 0 Å². The number of phosphoric ester groups is 1. The Bertz CT molecular complexity index is 663. The van der Waals surface area contributed by atoms with E-state index in [2.05, 4.69) is 9.51 Å². The predicted octanol–water partition coefficient (Wildman–Crippen LogP) is -1.84. The second-order valence-corrected chi connectivity index (χ2v) is 6.90. The van der Waals surface area contributed by atoms with Crippen molar-refractivity contribution < 1.29 is 33.8 Å². The molecule has 6 N–H and O–H groups in total. The maximum absolute atomic E-state index is 11.8. The van der Waals surface area contributed by atoms with Crippen LogP contribution in [0.15, 0.2) is 11.0 Å². The number of ether oxygens (including phenoxy) is 1. The molecule has 0 bridgehead atoms. The van der Waals surface area contributed by atoms with E-state index < -0.39 is 44.7 Å². The summed E-state index contributed by atoms with van der Waals surface area (Å²) in [6.07, 6.45) is -4.23. The molecule has 2 heterocycles. The van der Waals surface area contributed by atoms with Crippen molar-refractivity contribution in [3.05, 3.63) is 20.3 Å². The van der Waals surface area contributed by atoms with Crippen LogP contribution in [0.1, 0.15) is 6.23 Å². The van der Waals surface area contributed by atoms with Gasteiger partial charge in [-0.15, -0.1) is 0 Å². The Labute approximate surface area is 137 Å². The predicted molar refractivity (Wildman–Crippen MR) is 79.5 cm³/mol. The van der Waals surface area contributed by atoms with Gasteiger partial charge in [-0.25, -0.2) is 9.36 Å². The molecule has 22 heavy (non-hydrogen) atoms. The maximum atomic E-state index is 11.8. The Morgan fingerprint density at radius 1 is 1.45 bits per heavy atom. The zero-order chi connectivity index (χ0) is 16.7. The first-order chi connectivity index (χ1) is 10.1. The lowest BCUT2D eigenvalue weighted by Crippen LogP contribution is -2.36. The molecule has 1 fully saturated rings. The van der Waals surface area contributed by atoms with Crippen molar-refractivity contribution in [2.75, 3.05) is 12.3 Å². The SMILES string of the molecule is Nc1nc(=O)n([C@@H]2OC(COP(=O)(O)O)[C@@H](O)[C@H]2O)cc1I. The Morgan fingerprint density at radius 2 is 2.09 bits per heavy atom. The lowest BCUT2D eigenvalue weighted by atomic mass is 10.1. The van der Waals surface area contributed by atoms with Gasteiger partial charge in [-0.05, 0) is 22.6 Å². The van der Waals surface area contributed by atoms with E-state index in [0.29, 0.717) is 3.57 Å². The van der Waals surface area contributed by atoms with Gasteiger partial charge in [0, 0.05) is 6.20 Å². The fraction of sp³-hybridized carbons (Fsp3) is 0.556. The quantitative estimate of drug-likeness (QED) is 0.259. The van der Waals surface area contributed by atoms with Crippen molar-refractivity contribution >= 4 is 36.2 Å². The molecule has 4 atom stereocenters. The zero-order valence-electron chi connectivity index (χ0n) is 10.8. The molecule has 1 unspecified atom stereocenters. The highest BCUT2D eigenvalue weighted by atomic mass is 127. The van der Waals surface area contributed by atoms with Crippen LogP contribution in [0.4, 0.5) is 5.82 Å². The minimum absolute atomic E-state index is 0.0104. The molecule has 13 heteroatoms. The number of aliphatic hydroxyl groups excluding tert-OH is 2. The number of hydrogen-bond acceptors (Lipinski definition) is 8. The normalized spacial score (nSPS) is 29.0. The average Bonchev–Trinajstić information content (AvgIpc) is 2.68. The minimum atomic E-state index is -4.75. The summed E-state index contributed by atoms with van der Waals surface area (Å²) in [5.74, 6) is 0.0104. The minimum Gasteiger partial charge on any atom is -0.387 e. The number of nitrogens with two attached hydrogens (primary N) is 1. The molecule has 0 amide bonds. The Hall–Kier alpha value is -0.600. The van der Waals surface area contributed by atoms with E-state index in [1.807, 2.05) is 22.6 Å². The molecule has 124 valence electrons.